The van der Waals surface area contributed by atoms with Gasteiger partial charge < -0.3 is 4.52 Å². The maximum Gasteiger partial charge on any atom is 0.450 e. The number of ketones is 1. The minimum absolute atomic E-state index is 0.152. The summed E-state index contributed by atoms with van der Waals surface area (Å²) in [5.74, 6) is -3.62. The topological polar surface area (TPSA) is 56.0 Å². The fourth-order valence-electron chi connectivity index (χ4n) is 1.63. The summed E-state index contributed by atoms with van der Waals surface area (Å²) in [6, 6.07) is 7.13. The third kappa shape index (κ3) is 3.44. The first-order chi connectivity index (χ1) is 9.82. The number of Topliss-reactive ketones (excluding diaryl/α,β-unsaturated/α-hetero) is 1. The van der Waals surface area contributed by atoms with E-state index in [1.54, 1.807) is 23.9 Å². The van der Waals surface area contributed by atoms with Gasteiger partial charge in [-0.1, -0.05) is 5.16 Å². The Morgan fingerprint density at radius 3 is 2.43 bits per heavy atom. The van der Waals surface area contributed by atoms with Crippen molar-refractivity contribution in [3.05, 3.63) is 30.2 Å². The van der Waals surface area contributed by atoms with Crippen molar-refractivity contribution in [2.24, 2.45) is 0 Å². The molecule has 4 nitrogen and oxygen atoms in total. The van der Waals surface area contributed by atoms with E-state index in [-0.39, 0.29) is 11.7 Å². The smallest absolute Gasteiger partial charge is 0.338 e. The van der Waals surface area contributed by atoms with Crippen molar-refractivity contribution >= 4 is 17.5 Å². The van der Waals surface area contributed by atoms with E-state index >= 15 is 0 Å². The number of nitrogens with zero attached hydrogens (tertiary/aromatic N) is 2. The number of hydrogen-bond acceptors (Lipinski definition) is 5. The van der Waals surface area contributed by atoms with E-state index in [0.717, 1.165) is 11.8 Å². The van der Waals surface area contributed by atoms with Crippen LogP contribution in [0.2, 0.25) is 0 Å². The van der Waals surface area contributed by atoms with Crippen molar-refractivity contribution in [1.29, 1.82) is 0 Å². The molecule has 2 aromatic rings. The Bertz CT molecular complexity index is 638. The van der Waals surface area contributed by atoms with Crippen molar-refractivity contribution in [3.63, 3.8) is 0 Å². The predicted octanol–water partition coefficient (Wildman–Crippen LogP) is 3.69. The highest BCUT2D eigenvalue weighted by molar-refractivity contribution is 7.98. The maximum atomic E-state index is 12.4. The highest BCUT2D eigenvalue weighted by Crippen LogP contribution is 2.28. The molecule has 0 amide bonds. The van der Waals surface area contributed by atoms with Crippen LogP contribution in [0.25, 0.3) is 11.4 Å². The quantitative estimate of drug-likeness (QED) is 0.805. The molecule has 2 rings (SSSR count). The molecule has 0 N–H and O–H groups in total. The zero-order chi connectivity index (χ0) is 15.6. The van der Waals surface area contributed by atoms with Gasteiger partial charge in [-0.2, -0.15) is 18.2 Å². The van der Waals surface area contributed by atoms with Gasteiger partial charge >= 0.3 is 6.18 Å². The zero-order valence-electron chi connectivity index (χ0n) is 11.1. The van der Waals surface area contributed by atoms with E-state index in [1.807, 2.05) is 18.4 Å². The zero-order valence-corrected chi connectivity index (χ0v) is 12.0. The number of halogens is 3. The molecule has 0 aliphatic rings. The molecule has 112 valence electrons. The lowest BCUT2D eigenvalue weighted by Crippen LogP contribution is -2.27. The van der Waals surface area contributed by atoms with E-state index in [9.17, 15) is 18.0 Å². The number of alkyl halides is 3. The number of carbonyl (C=O) groups excluding carboxylic acids is 1. The molecule has 0 saturated carbocycles. The predicted molar refractivity (Wildman–Crippen MR) is 71.0 cm³/mol. The third-order valence-electron chi connectivity index (χ3n) is 2.83. The Hall–Kier alpha value is -1.83. The molecule has 1 unspecified atom stereocenters. The van der Waals surface area contributed by atoms with Crippen LogP contribution in [-0.2, 0) is 4.79 Å². The van der Waals surface area contributed by atoms with Crippen LogP contribution >= 0.6 is 11.8 Å². The van der Waals surface area contributed by atoms with Gasteiger partial charge in [0.25, 0.3) is 0 Å². The van der Waals surface area contributed by atoms with Crippen LogP contribution in [-0.4, -0.2) is 28.4 Å². The molecule has 21 heavy (non-hydrogen) atoms. The normalized spacial score (nSPS) is 13.2. The second kappa shape index (κ2) is 5.88. The summed E-state index contributed by atoms with van der Waals surface area (Å²) in [6.45, 7) is 1.09. The lowest BCUT2D eigenvalue weighted by atomic mass is 10.1. The minimum atomic E-state index is -4.92. The molecule has 0 bridgehead atoms. The second-order valence-corrected chi connectivity index (χ2v) is 5.15. The summed E-state index contributed by atoms with van der Waals surface area (Å²) < 4.78 is 41.8. The average molecular weight is 316 g/mol. The summed E-state index contributed by atoms with van der Waals surface area (Å²) in [5, 5.41) is 3.61. The van der Waals surface area contributed by atoms with Crippen LogP contribution < -0.4 is 0 Å². The molecule has 1 aromatic carbocycles. The summed E-state index contributed by atoms with van der Waals surface area (Å²) in [6.07, 6.45) is -3.00. The van der Waals surface area contributed by atoms with Gasteiger partial charge in [0.05, 0.1) is 0 Å². The Balaban J connectivity index is 2.23. The summed E-state index contributed by atoms with van der Waals surface area (Å²) in [4.78, 5) is 16.0. The molecular weight excluding hydrogens is 305 g/mol. The number of rotatable bonds is 4. The molecule has 1 heterocycles. The van der Waals surface area contributed by atoms with Crippen LogP contribution in [0.3, 0.4) is 0 Å². The van der Waals surface area contributed by atoms with Crippen molar-refractivity contribution < 1.29 is 22.5 Å². The molecule has 0 saturated heterocycles. The molecular formula is C13H11F3N2O2S. The number of thioether (sulfide) groups is 1. The Labute approximate surface area is 122 Å². The highest BCUT2D eigenvalue weighted by atomic mass is 32.2. The first-order valence-electron chi connectivity index (χ1n) is 5.92. The number of aromatic nitrogens is 2. The molecule has 0 aliphatic heterocycles. The van der Waals surface area contributed by atoms with E-state index in [4.69, 9.17) is 4.52 Å². The Morgan fingerprint density at radius 2 is 1.90 bits per heavy atom. The first-order valence-corrected chi connectivity index (χ1v) is 7.14. The standard InChI is InChI=1S/C13H11F3N2O2S/c1-7(10(19)13(14,15)16)12-17-11(18-20-12)8-3-5-9(21-2)6-4-8/h3-7H,1-2H3. The van der Waals surface area contributed by atoms with E-state index in [0.29, 0.717) is 5.56 Å². The van der Waals surface area contributed by atoms with Crippen molar-refractivity contribution in [2.75, 3.05) is 6.26 Å². The summed E-state index contributed by atoms with van der Waals surface area (Å²) in [5.41, 5.74) is 0.606. The first kappa shape index (κ1) is 15.6. The monoisotopic (exact) mass is 316 g/mol. The Morgan fingerprint density at radius 1 is 1.29 bits per heavy atom. The number of hydrogen-bond donors (Lipinski definition) is 0. The lowest BCUT2D eigenvalue weighted by molar-refractivity contribution is -0.172. The van der Waals surface area contributed by atoms with Crippen molar-refractivity contribution in [1.82, 2.24) is 10.1 Å². The van der Waals surface area contributed by atoms with Crippen LogP contribution in [0.15, 0.2) is 33.7 Å². The van der Waals surface area contributed by atoms with Gasteiger partial charge in [0.1, 0.15) is 5.92 Å². The Kier molecular flexibility index (Phi) is 4.36. The van der Waals surface area contributed by atoms with E-state index < -0.39 is 17.9 Å². The molecule has 1 aromatic heterocycles. The average Bonchev–Trinajstić information content (AvgIpc) is 2.94. The van der Waals surface area contributed by atoms with Gasteiger partial charge in [0.15, 0.2) is 0 Å². The maximum absolute atomic E-state index is 12.4. The number of carbonyl (C=O) groups is 1. The van der Waals surface area contributed by atoms with Gasteiger partial charge in [0.2, 0.25) is 17.5 Å². The van der Waals surface area contributed by atoms with E-state index in [1.165, 1.54) is 0 Å². The summed E-state index contributed by atoms with van der Waals surface area (Å²) in [7, 11) is 0. The molecule has 0 fully saturated rings. The third-order valence-corrected chi connectivity index (χ3v) is 3.58. The highest BCUT2D eigenvalue weighted by Gasteiger charge is 2.44. The molecule has 1 atom stereocenters. The van der Waals surface area contributed by atoms with Gasteiger partial charge in [-0.15, -0.1) is 11.8 Å². The molecule has 0 aliphatic carbocycles. The van der Waals surface area contributed by atoms with Gasteiger partial charge in [-0.05, 0) is 37.4 Å². The lowest BCUT2D eigenvalue weighted by Gasteiger charge is -2.08. The molecule has 0 radical (unpaired) electrons. The summed E-state index contributed by atoms with van der Waals surface area (Å²) >= 11 is 1.56. The second-order valence-electron chi connectivity index (χ2n) is 4.27. The van der Waals surface area contributed by atoms with Crippen LogP contribution in [0, 0.1) is 0 Å². The van der Waals surface area contributed by atoms with E-state index in [2.05, 4.69) is 10.1 Å². The van der Waals surface area contributed by atoms with Gasteiger partial charge in [-0.25, -0.2) is 0 Å². The van der Waals surface area contributed by atoms with Gasteiger partial charge in [0, 0.05) is 10.5 Å². The largest absolute Gasteiger partial charge is 0.450 e. The van der Waals surface area contributed by atoms with Crippen molar-refractivity contribution in [2.45, 2.75) is 23.9 Å². The minimum Gasteiger partial charge on any atom is -0.338 e. The fourth-order valence-corrected chi connectivity index (χ4v) is 2.03. The van der Waals surface area contributed by atoms with Crippen LogP contribution in [0.4, 0.5) is 13.2 Å². The number of benzene rings is 1. The SMILES string of the molecule is CSc1ccc(-c2noc(C(C)C(=O)C(F)(F)F)n2)cc1. The van der Waals surface area contributed by atoms with Crippen LogP contribution in [0.5, 0.6) is 0 Å². The fraction of sp³-hybridized carbons (Fsp3) is 0.308. The van der Waals surface area contributed by atoms with Crippen molar-refractivity contribution in [3.8, 4) is 11.4 Å². The molecule has 0 spiro atoms. The molecule has 8 heteroatoms. The van der Waals surface area contributed by atoms with Crippen LogP contribution in [0.1, 0.15) is 18.7 Å². The van der Waals surface area contributed by atoms with Gasteiger partial charge in [-0.3, -0.25) is 4.79 Å².